The number of carbonyl (C=O) groups excluding carboxylic acids is 1. The van der Waals surface area contributed by atoms with Crippen molar-refractivity contribution in [2.45, 2.75) is 12.8 Å². The van der Waals surface area contributed by atoms with Gasteiger partial charge < -0.3 is 10.1 Å². The highest BCUT2D eigenvalue weighted by Crippen LogP contribution is 2.17. The Bertz CT molecular complexity index is 870. The van der Waals surface area contributed by atoms with Crippen LogP contribution in [0, 0.1) is 5.92 Å². The van der Waals surface area contributed by atoms with Gasteiger partial charge in [0.15, 0.2) is 17.9 Å². The van der Waals surface area contributed by atoms with E-state index in [-0.39, 0.29) is 5.91 Å². The molecule has 1 saturated heterocycles. The third-order valence-electron chi connectivity index (χ3n) is 4.70. The second-order valence-electron chi connectivity index (χ2n) is 6.36. The smallest absolute Gasteiger partial charge is 0.298 e. The van der Waals surface area contributed by atoms with E-state index in [2.05, 4.69) is 15.3 Å². The molecule has 6 nitrogen and oxygen atoms in total. The molecule has 1 aliphatic heterocycles. The molecule has 0 atom stereocenters. The van der Waals surface area contributed by atoms with Crippen molar-refractivity contribution in [3.63, 3.8) is 0 Å². The summed E-state index contributed by atoms with van der Waals surface area (Å²) in [4.78, 5) is 19.1. The van der Waals surface area contributed by atoms with E-state index in [9.17, 15) is 4.79 Å². The third-order valence-corrected chi connectivity index (χ3v) is 4.70. The molecule has 0 spiro atoms. The number of aromatic nitrogens is 3. The molecule has 0 aromatic carbocycles. The minimum atomic E-state index is -0.0682. The Labute approximate surface area is 145 Å². The molecule has 1 amide bonds. The molecule has 0 bridgehead atoms. The second kappa shape index (κ2) is 7.03. The molecule has 6 heteroatoms. The minimum absolute atomic E-state index is 0.0682. The topological polar surface area (TPSA) is 72.4 Å². The van der Waals surface area contributed by atoms with E-state index in [0.29, 0.717) is 18.2 Å². The first-order valence-electron chi connectivity index (χ1n) is 8.68. The van der Waals surface area contributed by atoms with Gasteiger partial charge >= 0.3 is 0 Å². The number of ether oxygens (including phenoxy) is 1. The van der Waals surface area contributed by atoms with Gasteiger partial charge in [-0.15, -0.1) is 0 Å². The summed E-state index contributed by atoms with van der Waals surface area (Å²) >= 11 is 0. The van der Waals surface area contributed by atoms with Crippen molar-refractivity contribution < 1.29 is 18.9 Å². The lowest BCUT2D eigenvalue weighted by Crippen LogP contribution is -2.32. The van der Waals surface area contributed by atoms with Gasteiger partial charge in [0.05, 0.1) is 6.20 Å². The molecule has 3 N–H and O–H groups in total. The molecule has 25 heavy (non-hydrogen) atoms. The molecule has 128 valence electrons. The first-order chi connectivity index (χ1) is 12.3. The van der Waals surface area contributed by atoms with E-state index in [1.165, 1.54) is 0 Å². The average molecular weight is 338 g/mol. The van der Waals surface area contributed by atoms with Crippen molar-refractivity contribution in [3.8, 4) is 11.4 Å². The van der Waals surface area contributed by atoms with Crippen LogP contribution in [-0.2, 0) is 4.74 Å². The van der Waals surface area contributed by atoms with Crippen molar-refractivity contribution >= 4 is 11.4 Å². The molecule has 1 aliphatic rings. The summed E-state index contributed by atoms with van der Waals surface area (Å²) in [7, 11) is 0. The molecule has 0 radical (unpaired) electrons. The Morgan fingerprint density at radius 2 is 2.16 bits per heavy atom. The second-order valence-corrected chi connectivity index (χ2v) is 6.36. The molecule has 0 aliphatic carbocycles. The van der Waals surface area contributed by atoms with E-state index in [4.69, 9.17) is 4.74 Å². The van der Waals surface area contributed by atoms with Crippen LogP contribution in [0.15, 0.2) is 48.9 Å². The molecule has 4 heterocycles. The summed E-state index contributed by atoms with van der Waals surface area (Å²) in [5.74, 6) is 1.31. The third kappa shape index (κ3) is 3.25. The van der Waals surface area contributed by atoms with Gasteiger partial charge in [0, 0.05) is 25.8 Å². The van der Waals surface area contributed by atoms with Crippen LogP contribution in [0.25, 0.3) is 16.9 Å². The summed E-state index contributed by atoms with van der Waals surface area (Å²) in [5, 5.41) is 3.08. The molecular weight excluding hydrogens is 316 g/mol. The number of aromatic amines is 2. The maximum absolute atomic E-state index is 12.8. The van der Waals surface area contributed by atoms with Gasteiger partial charge in [0.1, 0.15) is 5.56 Å². The fourth-order valence-corrected chi connectivity index (χ4v) is 3.29. The largest absolute Gasteiger partial charge is 0.381 e. The number of H-pyrrole nitrogens is 2. The molecule has 3 aromatic heterocycles. The zero-order valence-corrected chi connectivity index (χ0v) is 14.0. The molecule has 0 unspecified atom stereocenters. The van der Waals surface area contributed by atoms with Crippen molar-refractivity contribution in [1.82, 2.24) is 10.3 Å². The molecule has 3 aromatic rings. The van der Waals surface area contributed by atoms with E-state index in [1.54, 1.807) is 0 Å². The normalized spacial score (nSPS) is 15.4. The fourth-order valence-electron chi connectivity index (χ4n) is 3.29. The molecular formula is C19H22N4O2+2. The van der Waals surface area contributed by atoms with Crippen LogP contribution >= 0.6 is 0 Å². The predicted octanol–water partition coefficient (Wildman–Crippen LogP) is 1.39. The first kappa shape index (κ1) is 15.8. The number of nitrogens with zero attached hydrogens (tertiary/aromatic N) is 1. The number of imidazole rings is 1. The maximum atomic E-state index is 12.8. The van der Waals surface area contributed by atoms with Crippen LogP contribution in [0.3, 0.4) is 0 Å². The van der Waals surface area contributed by atoms with Gasteiger partial charge in [-0.25, -0.2) is 9.97 Å². The lowest BCUT2D eigenvalue weighted by atomic mass is 10.0. The summed E-state index contributed by atoms with van der Waals surface area (Å²) in [6, 6.07) is 9.80. The number of fused-ring (bicyclic) bond motifs is 1. The number of amides is 1. The summed E-state index contributed by atoms with van der Waals surface area (Å²) in [5.41, 5.74) is 2.45. The highest BCUT2D eigenvalue weighted by Gasteiger charge is 2.26. The van der Waals surface area contributed by atoms with E-state index in [0.717, 1.165) is 43.0 Å². The Morgan fingerprint density at radius 1 is 1.28 bits per heavy atom. The zero-order valence-electron chi connectivity index (χ0n) is 14.0. The van der Waals surface area contributed by atoms with Crippen LogP contribution < -0.4 is 14.7 Å². The average Bonchev–Trinajstić information content (AvgIpc) is 3.07. The van der Waals surface area contributed by atoms with Crippen molar-refractivity contribution in [2.24, 2.45) is 5.92 Å². The van der Waals surface area contributed by atoms with Gasteiger partial charge in [0.2, 0.25) is 5.69 Å². The Balaban J connectivity index is 1.62. The van der Waals surface area contributed by atoms with Gasteiger partial charge in [0.25, 0.3) is 11.7 Å². The van der Waals surface area contributed by atoms with Crippen LogP contribution in [0.2, 0.25) is 0 Å². The Kier molecular flexibility index (Phi) is 4.43. The van der Waals surface area contributed by atoms with Crippen LogP contribution in [0.1, 0.15) is 23.3 Å². The summed E-state index contributed by atoms with van der Waals surface area (Å²) < 4.78 is 7.38. The van der Waals surface area contributed by atoms with E-state index < -0.39 is 0 Å². The summed E-state index contributed by atoms with van der Waals surface area (Å²) in [6.45, 7) is 2.27. The lowest BCUT2D eigenvalue weighted by Gasteiger charge is -2.21. The number of carbonyl (C=O) groups is 1. The van der Waals surface area contributed by atoms with Gasteiger partial charge in [-0.2, -0.15) is 4.40 Å². The van der Waals surface area contributed by atoms with Crippen molar-refractivity contribution in [1.29, 1.82) is 0 Å². The molecule has 1 fully saturated rings. The standard InChI is InChI=1S/C19H20N4O2/c24-19(21-12-14-6-10-25-11-7-14)17-16-5-1-2-9-23(16)18(22-17)15-4-3-8-20-13-15/h1-5,8-9,13-14H,6-7,10-12H2,(H,21,24)/p+2. The minimum Gasteiger partial charge on any atom is -0.381 e. The van der Waals surface area contributed by atoms with E-state index >= 15 is 0 Å². The van der Waals surface area contributed by atoms with Crippen molar-refractivity contribution in [2.75, 3.05) is 19.8 Å². The summed E-state index contributed by atoms with van der Waals surface area (Å²) in [6.07, 6.45) is 7.75. The highest BCUT2D eigenvalue weighted by atomic mass is 16.5. The first-order valence-corrected chi connectivity index (χ1v) is 8.68. The number of rotatable bonds is 4. The van der Waals surface area contributed by atoms with Gasteiger partial charge in [-0.3, -0.25) is 4.79 Å². The SMILES string of the molecule is O=C(NCC1CCOCC1)c1[nH]c(-c2ccc[nH+]c2)[n+]2ccccc12. The van der Waals surface area contributed by atoms with Crippen LogP contribution in [0.4, 0.5) is 0 Å². The highest BCUT2D eigenvalue weighted by molar-refractivity contribution is 5.98. The van der Waals surface area contributed by atoms with Crippen molar-refractivity contribution in [3.05, 3.63) is 54.6 Å². The number of pyridine rings is 2. The Morgan fingerprint density at radius 3 is 2.96 bits per heavy atom. The Hall–Kier alpha value is -2.73. The fraction of sp³-hybridized carbons (Fsp3) is 0.316. The zero-order chi connectivity index (χ0) is 17.1. The van der Waals surface area contributed by atoms with Crippen LogP contribution in [-0.4, -0.2) is 30.6 Å². The van der Waals surface area contributed by atoms with Gasteiger partial charge in [-0.1, -0.05) is 6.07 Å². The predicted molar refractivity (Wildman–Crippen MR) is 91.8 cm³/mol. The van der Waals surface area contributed by atoms with E-state index in [1.807, 2.05) is 53.3 Å². The van der Waals surface area contributed by atoms with Gasteiger partial charge in [-0.05, 0) is 37.0 Å². The number of nitrogens with one attached hydrogen (secondary N) is 3. The number of hydrogen-bond donors (Lipinski definition) is 2. The lowest BCUT2D eigenvalue weighted by molar-refractivity contribution is -0.499. The quantitative estimate of drug-likeness (QED) is 0.706. The molecule has 4 rings (SSSR count). The number of hydrogen-bond acceptors (Lipinski definition) is 2. The molecule has 0 saturated carbocycles. The van der Waals surface area contributed by atoms with Crippen LogP contribution in [0.5, 0.6) is 0 Å². The maximum Gasteiger partial charge on any atom is 0.298 e. The monoisotopic (exact) mass is 338 g/mol.